The van der Waals surface area contributed by atoms with Crippen LogP contribution in [0.1, 0.15) is 0 Å². The fraction of sp³-hybridized carbons (Fsp3) is 0. The van der Waals surface area contributed by atoms with Crippen LogP contribution in [-0.4, -0.2) is 19.9 Å². The van der Waals surface area contributed by atoms with Crippen molar-refractivity contribution in [3.8, 4) is 67.7 Å². The first-order chi connectivity index (χ1) is 26.8. The number of benzene rings is 8. The van der Waals surface area contributed by atoms with Crippen LogP contribution in [0.2, 0.25) is 0 Å². The van der Waals surface area contributed by atoms with Crippen LogP contribution in [0.5, 0.6) is 0 Å². The molecule has 0 saturated heterocycles. The molecule has 252 valence electrons. The second kappa shape index (κ2) is 13.4. The van der Waals surface area contributed by atoms with Gasteiger partial charge >= 0.3 is 0 Å². The van der Waals surface area contributed by atoms with Gasteiger partial charge in [0, 0.05) is 33.2 Å². The van der Waals surface area contributed by atoms with Crippen molar-refractivity contribution < 1.29 is 0 Å². The molecule has 0 fully saturated rings. The number of pyridine rings is 1. The van der Waals surface area contributed by atoms with Gasteiger partial charge in [-0.2, -0.15) is 0 Å². The number of aromatic nitrogens is 4. The lowest BCUT2D eigenvalue weighted by molar-refractivity contribution is 1.07. The van der Waals surface area contributed by atoms with Crippen molar-refractivity contribution in [2.45, 2.75) is 0 Å². The summed E-state index contributed by atoms with van der Waals surface area (Å²) in [5, 5.41) is 5.85. The molecule has 0 saturated carbocycles. The Kier molecular flexibility index (Phi) is 7.77. The summed E-state index contributed by atoms with van der Waals surface area (Å²) in [7, 11) is 0. The molecule has 0 bridgehead atoms. The van der Waals surface area contributed by atoms with Gasteiger partial charge in [-0.15, -0.1) is 0 Å². The van der Waals surface area contributed by atoms with E-state index in [-0.39, 0.29) is 0 Å². The minimum Gasteiger partial charge on any atom is -0.247 e. The molecule has 0 amide bonds. The molecule has 4 nitrogen and oxygen atoms in total. The molecular formula is C50H32N4. The minimum absolute atomic E-state index is 0.625. The van der Waals surface area contributed by atoms with Gasteiger partial charge in [-0.05, 0) is 50.4 Å². The topological polar surface area (TPSA) is 51.6 Å². The van der Waals surface area contributed by atoms with Gasteiger partial charge in [0.1, 0.15) is 0 Å². The van der Waals surface area contributed by atoms with E-state index < -0.39 is 0 Å². The zero-order valence-corrected chi connectivity index (χ0v) is 29.3. The lowest BCUT2D eigenvalue weighted by Gasteiger charge is -2.17. The molecule has 0 aliphatic rings. The highest BCUT2D eigenvalue weighted by atomic mass is 15.0. The highest BCUT2D eigenvalue weighted by Crippen LogP contribution is 2.42. The molecule has 2 aromatic heterocycles. The Labute approximate surface area is 313 Å². The third kappa shape index (κ3) is 5.67. The van der Waals surface area contributed by atoms with Crippen molar-refractivity contribution in [2.75, 3.05) is 0 Å². The average molecular weight is 689 g/mol. The van der Waals surface area contributed by atoms with E-state index in [1.54, 1.807) is 0 Å². The first-order valence-electron chi connectivity index (χ1n) is 18.1. The predicted octanol–water partition coefficient (Wildman–Crippen LogP) is 12.7. The predicted molar refractivity (Wildman–Crippen MR) is 223 cm³/mol. The fourth-order valence-corrected chi connectivity index (χ4v) is 7.48. The second-order valence-electron chi connectivity index (χ2n) is 13.4. The zero-order chi connectivity index (χ0) is 35.8. The van der Waals surface area contributed by atoms with Crippen molar-refractivity contribution in [3.05, 3.63) is 194 Å². The van der Waals surface area contributed by atoms with Crippen molar-refractivity contribution in [1.82, 2.24) is 19.9 Å². The van der Waals surface area contributed by atoms with Gasteiger partial charge in [-0.3, -0.25) is 0 Å². The molecule has 0 atom stereocenters. The first-order valence-corrected chi connectivity index (χ1v) is 18.1. The zero-order valence-electron chi connectivity index (χ0n) is 29.3. The lowest BCUT2D eigenvalue weighted by Crippen LogP contribution is -2.00. The Balaban J connectivity index is 1.19. The summed E-state index contributed by atoms with van der Waals surface area (Å²) < 4.78 is 0. The molecule has 0 aliphatic heterocycles. The standard InChI is InChI=1S/C50H32N4/c1-4-15-34(16-5-1)43-32-45(42-26-14-23-33-17-10-12-24-40(33)42)51-47-44(31-39-22-11-13-25-41(39)46(43)47)35-27-29-38(30-28-35)50-53-48(36-18-6-2-7-19-36)52-49(54-50)37-20-8-3-9-21-37/h1-32H. The number of nitrogens with zero attached hydrogens (tertiary/aromatic N) is 4. The average Bonchev–Trinajstić information content (AvgIpc) is 3.26. The maximum atomic E-state index is 5.55. The highest BCUT2D eigenvalue weighted by Gasteiger charge is 2.19. The lowest BCUT2D eigenvalue weighted by atomic mass is 9.90. The first kappa shape index (κ1) is 31.4. The van der Waals surface area contributed by atoms with Crippen LogP contribution in [0.3, 0.4) is 0 Å². The maximum Gasteiger partial charge on any atom is 0.164 e. The molecule has 10 rings (SSSR count). The summed E-state index contributed by atoms with van der Waals surface area (Å²) in [6, 6.07) is 67.6. The van der Waals surface area contributed by atoms with Crippen molar-refractivity contribution in [2.24, 2.45) is 0 Å². The Hall–Kier alpha value is -7.30. The van der Waals surface area contributed by atoms with E-state index in [4.69, 9.17) is 19.9 Å². The van der Waals surface area contributed by atoms with Crippen LogP contribution in [0.4, 0.5) is 0 Å². The summed E-state index contributed by atoms with van der Waals surface area (Å²) in [6.45, 7) is 0. The van der Waals surface area contributed by atoms with Gasteiger partial charge in [0.2, 0.25) is 0 Å². The largest absolute Gasteiger partial charge is 0.247 e. The number of rotatable bonds is 6. The smallest absolute Gasteiger partial charge is 0.164 e. The summed E-state index contributed by atoms with van der Waals surface area (Å²) in [5.74, 6) is 1.91. The van der Waals surface area contributed by atoms with Crippen molar-refractivity contribution >= 4 is 32.4 Å². The van der Waals surface area contributed by atoms with Gasteiger partial charge in [0.25, 0.3) is 0 Å². The van der Waals surface area contributed by atoms with Crippen LogP contribution in [-0.2, 0) is 0 Å². The van der Waals surface area contributed by atoms with Crippen LogP contribution >= 0.6 is 0 Å². The fourth-order valence-electron chi connectivity index (χ4n) is 7.48. The summed E-state index contributed by atoms with van der Waals surface area (Å²) in [6.07, 6.45) is 0. The van der Waals surface area contributed by atoms with Gasteiger partial charge in [0.15, 0.2) is 17.5 Å². The molecule has 0 unspecified atom stereocenters. The van der Waals surface area contributed by atoms with Crippen molar-refractivity contribution in [3.63, 3.8) is 0 Å². The van der Waals surface area contributed by atoms with Crippen LogP contribution in [0.15, 0.2) is 194 Å². The molecule has 0 spiro atoms. The summed E-state index contributed by atoms with van der Waals surface area (Å²) >= 11 is 0. The van der Waals surface area contributed by atoms with Crippen LogP contribution < -0.4 is 0 Å². The van der Waals surface area contributed by atoms with E-state index in [9.17, 15) is 0 Å². The van der Waals surface area contributed by atoms with Gasteiger partial charge in [0.05, 0.1) is 11.2 Å². The molecule has 0 radical (unpaired) electrons. The van der Waals surface area contributed by atoms with Crippen LogP contribution in [0.25, 0.3) is 100 Å². The second-order valence-corrected chi connectivity index (χ2v) is 13.4. The van der Waals surface area contributed by atoms with Crippen molar-refractivity contribution in [1.29, 1.82) is 0 Å². The third-order valence-electron chi connectivity index (χ3n) is 10.1. The monoisotopic (exact) mass is 688 g/mol. The van der Waals surface area contributed by atoms with Crippen LogP contribution in [0, 0.1) is 0 Å². The number of fused-ring (bicyclic) bond motifs is 4. The molecule has 2 heterocycles. The molecule has 10 aromatic rings. The molecule has 0 N–H and O–H groups in total. The highest BCUT2D eigenvalue weighted by molar-refractivity contribution is 6.18. The quantitative estimate of drug-likeness (QED) is 0.163. The van der Waals surface area contributed by atoms with E-state index in [0.29, 0.717) is 17.5 Å². The minimum atomic E-state index is 0.625. The Morgan fingerprint density at radius 2 is 0.741 bits per heavy atom. The van der Waals surface area contributed by atoms with E-state index >= 15 is 0 Å². The Morgan fingerprint density at radius 1 is 0.278 bits per heavy atom. The number of hydrogen-bond acceptors (Lipinski definition) is 4. The van der Waals surface area contributed by atoms with E-state index in [0.717, 1.165) is 61.1 Å². The van der Waals surface area contributed by atoms with E-state index in [1.165, 1.54) is 21.5 Å². The summed E-state index contributed by atoms with van der Waals surface area (Å²) in [5.41, 5.74) is 10.3. The third-order valence-corrected chi connectivity index (χ3v) is 10.1. The van der Waals surface area contributed by atoms with Gasteiger partial charge in [-0.1, -0.05) is 182 Å². The number of hydrogen-bond donors (Lipinski definition) is 0. The van der Waals surface area contributed by atoms with Gasteiger partial charge < -0.3 is 0 Å². The normalized spacial score (nSPS) is 11.3. The molecule has 8 aromatic carbocycles. The molecule has 4 heteroatoms. The Morgan fingerprint density at radius 3 is 1.37 bits per heavy atom. The molecular weight excluding hydrogens is 657 g/mol. The van der Waals surface area contributed by atoms with E-state index in [2.05, 4.69) is 133 Å². The molecule has 0 aliphatic carbocycles. The molecule has 54 heavy (non-hydrogen) atoms. The van der Waals surface area contributed by atoms with Gasteiger partial charge in [-0.25, -0.2) is 19.9 Å². The summed E-state index contributed by atoms with van der Waals surface area (Å²) in [4.78, 5) is 20.4. The SMILES string of the molecule is c1ccc(-c2nc(-c3ccccc3)nc(-c3ccc(-c4cc5ccccc5c5c(-c6ccccc6)cc(-c6cccc7ccccc67)nc45)cc3)n2)cc1. The Bertz CT molecular complexity index is 2900. The van der Waals surface area contributed by atoms with E-state index in [1.807, 2.05) is 60.7 Å². The maximum absolute atomic E-state index is 5.55.